The molecule has 1 aliphatic carbocycles. The van der Waals surface area contributed by atoms with E-state index < -0.39 is 9.84 Å². The molecule has 8 heteroatoms. The molecule has 2 aromatic carbocycles. The van der Waals surface area contributed by atoms with Gasteiger partial charge in [0, 0.05) is 35.0 Å². The number of benzene rings is 2. The van der Waals surface area contributed by atoms with Crippen molar-refractivity contribution in [2.45, 2.75) is 29.9 Å². The second kappa shape index (κ2) is 8.44. The molecule has 2 aromatic rings. The maximum atomic E-state index is 11.7. The third kappa shape index (κ3) is 4.57. The summed E-state index contributed by atoms with van der Waals surface area (Å²) in [5, 5.41) is 4.70. The number of sulfone groups is 1. The summed E-state index contributed by atoms with van der Waals surface area (Å²) >= 11 is 12.8. The Balaban J connectivity index is 1.67. The predicted octanol–water partition coefficient (Wildman–Crippen LogP) is 3.74. The number of nitrogens with one attached hydrogen (secondary N) is 1. The molecule has 0 amide bonds. The molecule has 1 N–H and O–H groups in total. The van der Waals surface area contributed by atoms with Crippen LogP contribution >= 0.6 is 23.2 Å². The largest absolute Gasteiger partial charge is 0.484 e. The second-order valence-corrected chi connectivity index (χ2v) is 10.5. The molecule has 29 heavy (non-hydrogen) atoms. The number of nitrogens with zero attached hydrogens (tertiary/aromatic N) is 1. The van der Waals surface area contributed by atoms with Crippen LogP contribution in [0, 0.1) is 0 Å². The highest BCUT2D eigenvalue weighted by molar-refractivity contribution is 7.90. The molecular weight excluding hydrogens is 431 g/mol. The number of fused-ring (bicyclic) bond motifs is 1. The standard InChI is InChI=1S/C21H24Cl2N2O3S/c1-29(26,27)16-5-3-15(4-6-16)28-21-18-11-14(22)12-19(23)17(18)13-20(21)25-9-2-7-24-8-10-25/h3-6,11-12,20-21,24H,2,7-10,13H2,1H3/t20-,21+/m1/s1. The summed E-state index contributed by atoms with van der Waals surface area (Å²) in [6, 6.07) is 10.5. The van der Waals surface area contributed by atoms with Crippen LogP contribution in [0.1, 0.15) is 23.7 Å². The van der Waals surface area contributed by atoms with Gasteiger partial charge in [0.1, 0.15) is 11.9 Å². The Morgan fingerprint density at radius 3 is 2.59 bits per heavy atom. The van der Waals surface area contributed by atoms with E-state index in [1.54, 1.807) is 30.3 Å². The number of rotatable bonds is 4. The first-order valence-electron chi connectivity index (χ1n) is 9.72. The lowest BCUT2D eigenvalue weighted by atomic mass is 10.1. The van der Waals surface area contributed by atoms with Gasteiger partial charge in [0.2, 0.25) is 0 Å². The SMILES string of the molecule is CS(=O)(=O)c1ccc(O[C@H]2c3cc(Cl)cc(Cl)c3C[C@H]2N2CCCNCC2)cc1. The van der Waals surface area contributed by atoms with Gasteiger partial charge < -0.3 is 10.1 Å². The number of ether oxygens (including phenoxy) is 1. The van der Waals surface area contributed by atoms with E-state index in [4.69, 9.17) is 27.9 Å². The van der Waals surface area contributed by atoms with Crippen LogP contribution in [0.3, 0.4) is 0 Å². The lowest BCUT2D eigenvalue weighted by Gasteiger charge is -2.32. The molecule has 1 aliphatic heterocycles. The summed E-state index contributed by atoms with van der Waals surface area (Å²) in [6.07, 6.45) is 2.86. The van der Waals surface area contributed by atoms with Gasteiger partial charge in [-0.1, -0.05) is 23.2 Å². The van der Waals surface area contributed by atoms with Gasteiger partial charge in [0.15, 0.2) is 9.84 Å². The molecule has 0 bridgehead atoms. The zero-order valence-corrected chi connectivity index (χ0v) is 18.5. The van der Waals surface area contributed by atoms with Crippen LogP contribution in [-0.2, 0) is 16.3 Å². The van der Waals surface area contributed by atoms with Gasteiger partial charge in [0.05, 0.1) is 10.9 Å². The van der Waals surface area contributed by atoms with Gasteiger partial charge in [-0.15, -0.1) is 0 Å². The average Bonchev–Trinajstić information content (AvgIpc) is 2.84. The quantitative estimate of drug-likeness (QED) is 0.762. The molecule has 5 nitrogen and oxygen atoms in total. The highest BCUT2D eigenvalue weighted by atomic mass is 35.5. The Kier molecular flexibility index (Phi) is 6.09. The van der Waals surface area contributed by atoms with Crippen molar-refractivity contribution in [2.24, 2.45) is 0 Å². The first-order valence-corrected chi connectivity index (χ1v) is 12.4. The van der Waals surface area contributed by atoms with Crippen molar-refractivity contribution >= 4 is 33.0 Å². The van der Waals surface area contributed by atoms with Gasteiger partial charge in [-0.2, -0.15) is 0 Å². The summed E-state index contributed by atoms with van der Waals surface area (Å²) in [5.74, 6) is 0.629. The third-order valence-corrected chi connectivity index (χ3v) is 7.31. The fourth-order valence-electron chi connectivity index (χ4n) is 4.19. The summed E-state index contributed by atoms with van der Waals surface area (Å²) < 4.78 is 29.9. The molecule has 0 radical (unpaired) electrons. The Morgan fingerprint density at radius 2 is 1.86 bits per heavy atom. The third-order valence-electron chi connectivity index (χ3n) is 5.62. The summed E-state index contributed by atoms with van der Waals surface area (Å²) in [6.45, 7) is 3.89. The first-order chi connectivity index (χ1) is 13.8. The molecular formula is C21H24Cl2N2O3S. The molecule has 0 saturated carbocycles. The Hall–Kier alpha value is -1.31. The smallest absolute Gasteiger partial charge is 0.175 e. The minimum Gasteiger partial charge on any atom is -0.484 e. The van der Waals surface area contributed by atoms with Crippen molar-refractivity contribution in [3.8, 4) is 5.75 Å². The van der Waals surface area contributed by atoms with Crippen molar-refractivity contribution in [2.75, 3.05) is 32.4 Å². The van der Waals surface area contributed by atoms with Crippen LogP contribution in [0.4, 0.5) is 0 Å². The molecule has 4 rings (SSSR count). The van der Waals surface area contributed by atoms with Crippen molar-refractivity contribution in [3.05, 3.63) is 57.6 Å². The summed E-state index contributed by atoms with van der Waals surface area (Å²) in [4.78, 5) is 2.73. The monoisotopic (exact) mass is 454 g/mol. The first kappa shape index (κ1) is 20.9. The van der Waals surface area contributed by atoms with Gasteiger partial charge in [-0.3, -0.25) is 4.90 Å². The van der Waals surface area contributed by atoms with E-state index in [0.29, 0.717) is 15.8 Å². The van der Waals surface area contributed by atoms with E-state index in [9.17, 15) is 8.42 Å². The van der Waals surface area contributed by atoms with Crippen molar-refractivity contribution < 1.29 is 13.2 Å². The molecule has 0 unspecified atom stereocenters. The van der Waals surface area contributed by atoms with Crippen molar-refractivity contribution in [3.63, 3.8) is 0 Å². The predicted molar refractivity (Wildman–Crippen MR) is 116 cm³/mol. The summed E-state index contributed by atoms with van der Waals surface area (Å²) in [5.41, 5.74) is 2.09. The molecule has 1 heterocycles. The second-order valence-electron chi connectivity index (χ2n) is 7.65. The van der Waals surface area contributed by atoms with E-state index >= 15 is 0 Å². The van der Waals surface area contributed by atoms with Gasteiger partial charge in [-0.25, -0.2) is 8.42 Å². The molecule has 2 atom stereocenters. The van der Waals surface area contributed by atoms with E-state index in [1.807, 2.05) is 6.07 Å². The van der Waals surface area contributed by atoms with E-state index in [1.165, 1.54) is 6.26 Å². The minimum absolute atomic E-state index is 0.149. The average molecular weight is 455 g/mol. The van der Waals surface area contributed by atoms with Crippen LogP contribution in [0.25, 0.3) is 0 Å². The lowest BCUT2D eigenvalue weighted by Crippen LogP contribution is -2.42. The number of hydrogen-bond donors (Lipinski definition) is 1. The van der Waals surface area contributed by atoms with E-state index in [2.05, 4.69) is 10.2 Å². The Morgan fingerprint density at radius 1 is 1.10 bits per heavy atom. The minimum atomic E-state index is -3.24. The highest BCUT2D eigenvalue weighted by Gasteiger charge is 2.39. The fourth-order valence-corrected chi connectivity index (χ4v) is 5.41. The maximum Gasteiger partial charge on any atom is 0.175 e. The van der Waals surface area contributed by atoms with Gasteiger partial charge >= 0.3 is 0 Å². The highest BCUT2D eigenvalue weighted by Crippen LogP contribution is 2.42. The van der Waals surface area contributed by atoms with Crippen molar-refractivity contribution in [1.29, 1.82) is 0 Å². The molecule has 2 aliphatic rings. The molecule has 1 saturated heterocycles. The van der Waals surface area contributed by atoms with Crippen LogP contribution in [0.5, 0.6) is 5.75 Å². The fraction of sp³-hybridized carbons (Fsp3) is 0.429. The zero-order chi connectivity index (χ0) is 20.6. The van der Waals surface area contributed by atoms with E-state index in [0.717, 1.165) is 50.1 Å². The van der Waals surface area contributed by atoms with Gasteiger partial charge in [0.25, 0.3) is 0 Å². The molecule has 156 valence electrons. The Labute approximate surface area is 181 Å². The van der Waals surface area contributed by atoms with Gasteiger partial charge in [-0.05, 0) is 67.9 Å². The van der Waals surface area contributed by atoms with Crippen molar-refractivity contribution in [1.82, 2.24) is 10.2 Å². The zero-order valence-electron chi connectivity index (χ0n) is 16.2. The van der Waals surface area contributed by atoms with E-state index in [-0.39, 0.29) is 17.0 Å². The van der Waals surface area contributed by atoms with Crippen LogP contribution in [0.2, 0.25) is 10.0 Å². The number of hydrogen-bond acceptors (Lipinski definition) is 5. The Bertz CT molecular complexity index is 988. The normalized spacial score (nSPS) is 22.9. The van der Waals surface area contributed by atoms with Crippen LogP contribution in [-0.4, -0.2) is 51.8 Å². The van der Waals surface area contributed by atoms with Crippen LogP contribution < -0.4 is 10.1 Å². The lowest BCUT2D eigenvalue weighted by molar-refractivity contribution is 0.0821. The molecule has 1 fully saturated rings. The topological polar surface area (TPSA) is 58.6 Å². The van der Waals surface area contributed by atoms with Crippen LogP contribution in [0.15, 0.2) is 41.3 Å². The molecule has 0 spiro atoms. The number of halogens is 2. The molecule has 0 aromatic heterocycles. The summed E-state index contributed by atoms with van der Waals surface area (Å²) in [7, 11) is -3.24. The maximum absolute atomic E-state index is 11.7.